The van der Waals surface area contributed by atoms with E-state index in [0.717, 1.165) is 5.56 Å². The van der Waals surface area contributed by atoms with Crippen LogP contribution in [0.25, 0.3) is 0 Å². The van der Waals surface area contributed by atoms with Crippen LogP contribution in [0.1, 0.15) is 12.0 Å². The number of aliphatic carboxylic acids is 1. The number of amides is 2. The van der Waals surface area contributed by atoms with E-state index in [1.807, 2.05) is 0 Å². The molecule has 2 N–H and O–H groups in total. The summed E-state index contributed by atoms with van der Waals surface area (Å²) in [6.45, 7) is 0.850. The molecule has 1 aliphatic rings. The number of benzene rings is 1. The Morgan fingerprint density at radius 2 is 2.15 bits per heavy atom. The molecule has 136 valence electrons. The van der Waals surface area contributed by atoms with Gasteiger partial charge in [0.1, 0.15) is 0 Å². The Kier molecular flexibility index (Phi) is 5.31. The zero-order valence-corrected chi connectivity index (χ0v) is 13.9. The van der Waals surface area contributed by atoms with Crippen LogP contribution in [-0.4, -0.2) is 40.1 Å². The Morgan fingerprint density at radius 1 is 1.35 bits per heavy atom. The van der Waals surface area contributed by atoms with Gasteiger partial charge in [0, 0.05) is 31.9 Å². The van der Waals surface area contributed by atoms with E-state index in [9.17, 15) is 14.0 Å². The zero-order chi connectivity index (χ0) is 18.5. The summed E-state index contributed by atoms with van der Waals surface area (Å²) in [5.41, 5.74) is 0.730. The predicted octanol–water partition coefficient (Wildman–Crippen LogP) is 2.63. The van der Waals surface area contributed by atoms with Crippen LogP contribution in [0.4, 0.5) is 9.18 Å². The van der Waals surface area contributed by atoms with Crippen molar-refractivity contribution in [3.05, 3.63) is 54.0 Å². The first-order valence-electron chi connectivity index (χ1n) is 8.16. The topological polar surface area (TPSA) is 91.8 Å². The molecule has 1 atom stereocenters. The minimum Gasteiger partial charge on any atom is -0.481 e. The second-order valence-corrected chi connectivity index (χ2v) is 5.96. The number of halogens is 1. The zero-order valence-electron chi connectivity index (χ0n) is 13.9. The van der Waals surface area contributed by atoms with Crippen LogP contribution in [0.3, 0.4) is 0 Å². The van der Waals surface area contributed by atoms with E-state index in [1.54, 1.807) is 24.3 Å². The molecular formula is C18H18FN3O4. The normalized spacial score (nSPS) is 16.3. The number of pyridine rings is 1. The molecule has 1 aliphatic heterocycles. The summed E-state index contributed by atoms with van der Waals surface area (Å²) in [6, 6.07) is 9.01. The maximum Gasteiger partial charge on any atom is 0.317 e. The maximum atomic E-state index is 13.6. The van der Waals surface area contributed by atoms with Crippen LogP contribution in [-0.2, 0) is 11.3 Å². The van der Waals surface area contributed by atoms with Gasteiger partial charge in [-0.3, -0.25) is 4.79 Å². The number of hydrogen-bond acceptors (Lipinski definition) is 4. The first-order valence-corrected chi connectivity index (χ1v) is 8.16. The molecule has 1 unspecified atom stereocenters. The van der Waals surface area contributed by atoms with Crippen molar-refractivity contribution in [3.63, 3.8) is 0 Å². The third kappa shape index (κ3) is 4.27. The predicted molar refractivity (Wildman–Crippen MR) is 90.3 cm³/mol. The molecule has 0 spiro atoms. The highest BCUT2D eigenvalue weighted by molar-refractivity contribution is 5.77. The number of urea groups is 1. The number of nitrogens with zero attached hydrogens (tertiary/aromatic N) is 2. The Morgan fingerprint density at radius 3 is 2.88 bits per heavy atom. The van der Waals surface area contributed by atoms with Crippen molar-refractivity contribution in [3.8, 4) is 11.6 Å². The quantitative estimate of drug-likeness (QED) is 0.856. The van der Waals surface area contributed by atoms with E-state index in [1.165, 1.54) is 23.2 Å². The van der Waals surface area contributed by atoms with Crippen LogP contribution in [0.15, 0.2) is 42.6 Å². The third-order valence-electron chi connectivity index (χ3n) is 4.12. The summed E-state index contributed by atoms with van der Waals surface area (Å²) in [7, 11) is 0. The minimum absolute atomic E-state index is 0.0676. The lowest BCUT2D eigenvalue weighted by Gasteiger charge is -2.16. The van der Waals surface area contributed by atoms with Crippen LogP contribution < -0.4 is 10.1 Å². The van der Waals surface area contributed by atoms with E-state index < -0.39 is 17.7 Å². The number of carbonyl (C=O) groups is 2. The maximum absolute atomic E-state index is 13.6. The largest absolute Gasteiger partial charge is 0.481 e. The van der Waals surface area contributed by atoms with Crippen LogP contribution in [0.5, 0.6) is 11.6 Å². The number of para-hydroxylation sites is 1. The van der Waals surface area contributed by atoms with E-state index >= 15 is 0 Å². The van der Waals surface area contributed by atoms with Gasteiger partial charge in [0.2, 0.25) is 5.88 Å². The van der Waals surface area contributed by atoms with Gasteiger partial charge in [-0.1, -0.05) is 12.1 Å². The van der Waals surface area contributed by atoms with Crippen LogP contribution in [0, 0.1) is 11.7 Å². The van der Waals surface area contributed by atoms with E-state index in [4.69, 9.17) is 9.84 Å². The van der Waals surface area contributed by atoms with Crippen LogP contribution in [0.2, 0.25) is 0 Å². The summed E-state index contributed by atoms with van der Waals surface area (Å²) in [5, 5.41) is 11.7. The van der Waals surface area contributed by atoms with Crippen molar-refractivity contribution in [2.75, 3.05) is 13.1 Å². The molecule has 2 heterocycles. The summed E-state index contributed by atoms with van der Waals surface area (Å²) < 4.78 is 19.1. The number of likely N-dealkylation sites (tertiary alicyclic amines) is 1. The Balaban J connectivity index is 1.57. The molecule has 3 rings (SSSR count). The average molecular weight is 359 g/mol. The van der Waals surface area contributed by atoms with Crippen molar-refractivity contribution < 1.29 is 23.8 Å². The third-order valence-corrected chi connectivity index (χ3v) is 4.12. The number of hydrogen-bond donors (Lipinski definition) is 2. The Bertz CT molecular complexity index is 815. The van der Waals surface area contributed by atoms with Gasteiger partial charge in [-0.15, -0.1) is 0 Å². The molecule has 1 aromatic carbocycles. The van der Waals surface area contributed by atoms with E-state index in [2.05, 4.69) is 10.3 Å². The smallest absolute Gasteiger partial charge is 0.317 e. The first kappa shape index (κ1) is 17.7. The molecule has 0 bridgehead atoms. The first-order chi connectivity index (χ1) is 12.5. The van der Waals surface area contributed by atoms with Gasteiger partial charge < -0.3 is 20.1 Å². The number of rotatable bonds is 5. The van der Waals surface area contributed by atoms with Crippen molar-refractivity contribution >= 4 is 12.0 Å². The van der Waals surface area contributed by atoms with Gasteiger partial charge in [0.15, 0.2) is 11.6 Å². The molecule has 8 heteroatoms. The minimum atomic E-state index is -0.885. The monoisotopic (exact) mass is 359 g/mol. The summed E-state index contributed by atoms with van der Waals surface area (Å²) in [6.07, 6.45) is 1.96. The number of carbonyl (C=O) groups excluding carboxylic acids is 1. The summed E-state index contributed by atoms with van der Waals surface area (Å²) in [5.74, 6) is -1.60. The van der Waals surface area contributed by atoms with Gasteiger partial charge >= 0.3 is 12.0 Å². The second-order valence-electron chi connectivity index (χ2n) is 5.96. The van der Waals surface area contributed by atoms with Gasteiger partial charge in [-0.25, -0.2) is 14.2 Å². The lowest BCUT2D eigenvalue weighted by molar-refractivity contribution is -0.141. The molecule has 0 radical (unpaired) electrons. The standard InChI is InChI=1S/C18H18FN3O4/c19-14-3-1-2-4-15(14)26-16-9-12(5-7-20-16)10-21-18(25)22-8-6-13(11-22)17(23)24/h1-5,7,9,13H,6,8,10-11H2,(H,21,25)(H,23,24). The number of ether oxygens (including phenoxy) is 1. The molecule has 1 fully saturated rings. The SMILES string of the molecule is O=C(O)C1CCN(C(=O)NCc2ccnc(Oc3ccccc3F)c2)C1. The highest BCUT2D eigenvalue weighted by Gasteiger charge is 2.30. The Hall–Kier alpha value is -3.16. The molecule has 7 nitrogen and oxygen atoms in total. The van der Waals surface area contributed by atoms with Crippen LogP contribution >= 0.6 is 0 Å². The molecule has 1 aromatic heterocycles. The van der Waals surface area contributed by atoms with E-state index in [-0.39, 0.29) is 30.8 Å². The number of carboxylic acid groups (broad SMARTS) is 1. The second kappa shape index (κ2) is 7.81. The average Bonchev–Trinajstić information content (AvgIpc) is 3.13. The van der Waals surface area contributed by atoms with Crippen molar-refractivity contribution in [1.82, 2.24) is 15.2 Å². The Labute approximate surface area is 149 Å². The molecular weight excluding hydrogens is 341 g/mol. The van der Waals surface area contributed by atoms with Gasteiger partial charge in [0.25, 0.3) is 0 Å². The van der Waals surface area contributed by atoms with E-state index in [0.29, 0.717) is 13.0 Å². The summed E-state index contributed by atoms with van der Waals surface area (Å²) in [4.78, 5) is 28.6. The molecule has 2 amide bonds. The number of carboxylic acids is 1. The fourth-order valence-electron chi connectivity index (χ4n) is 2.69. The number of aromatic nitrogens is 1. The van der Waals surface area contributed by atoms with Crippen molar-refractivity contribution in [2.45, 2.75) is 13.0 Å². The van der Waals surface area contributed by atoms with Gasteiger partial charge in [-0.05, 0) is 30.2 Å². The van der Waals surface area contributed by atoms with Crippen molar-refractivity contribution in [2.24, 2.45) is 5.92 Å². The highest BCUT2D eigenvalue weighted by atomic mass is 19.1. The fourth-order valence-corrected chi connectivity index (χ4v) is 2.69. The lowest BCUT2D eigenvalue weighted by Crippen LogP contribution is -2.38. The molecule has 2 aromatic rings. The molecule has 0 aliphatic carbocycles. The van der Waals surface area contributed by atoms with Gasteiger partial charge in [-0.2, -0.15) is 0 Å². The molecule has 1 saturated heterocycles. The molecule has 0 saturated carbocycles. The van der Waals surface area contributed by atoms with Crippen molar-refractivity contribution in [1.29, 1.82) is 0 Å². The number of nitrogens with one attached hydrogen (secondary N) is 1. The molecule has 26 heavy (non-hydrogen) atoms. The fraction of sp³-hybridized carbons (Fsp3) is 0.278. The summed E-state index contributed by atoms with van der Waals surface area (Å²) >= 11 is 0. The highest BCUT2D eigenvalue weighted by Crippen LogP contribution is 2.23. The lowest BCUT2D eigenvalue weighted by atomic mass is 10.1. The van der Waals surface area contributed by atoms with Gasteiger partial charge in [0.05, 0.1) is 5.92 Å².